The fourth-order valence-electron chi connectivity index (χ4n) is 3.77. The summed E-state index contributed by atoms with van der Waals surface area (Å²) < 4.78 is 1.08. The third-order valence-electron chi connectivity index (χ3n) is 5.48. The molecular formula is C22H33BrO5S. The molecule has 29 heavy (non-hydrogen) atoms. The molecule has 0 aliphatic heterocycles. The highest BCUT2D eigenvalue weighted by atomic mass is 79.9. The molecule has 5 N–H and O–H groups in total. The molecule has 1 aromatic rings. The van der Waals surface area contributed by atoms with Gasteiger partial charge in [-0.1, -0.05) is 24.3 Å². The number of rotatable bonds is 12. The Morgan fingerprint density at radius 1 is 1.14 bits per heavy atom. The molecule has 0 amide bonds. The van der Waals surface area contributed by atoms with E-state index in [9.17, 15) is 20.4 Å². The lowest BCUT2D eigenvalue weighted by Crippen LogP contribution is -2.20. The molecule has 1 fully saturated rings. The second-order valence-electron chi connectivity index (χ2n) is 7.78. The van der Waals surface area contributed by atoms with Crippen molar-refractivity contribution >= 4 is 27.3 Å². The minimum Gasteiger partial charge on any atom is -0.394 e. The fourth-order valence-corrected chi connectivity index (χ4v) is 5.27. The van der Waals surface area contributed by atoms with Gasteiger partial charge >= 0.3 is 0 Å². The van der Waals surface area contributed by atoms with Crippen LogP contribution in [0.4, 0.5) is 0 Å². The topological polar surface area (TPSA) is 101 Å². The van der Waals surface area contributed by atoms with Gasteiger partial charge in [-0.3, -0.25) is 0 Å². The third-order valence-corrected chi connectivity index (χ3v) is 7.16. The summed E-state index contributed by atoms with van der Waals surface area (Å²) in [5, 5.41) is 49.0. The number of aliphatic hydroxyl groups is 5. The first-order chi connectivity index (χ1) is 13.9. The Hall–Kier alpha value is -0.540. The molecule has 1 aliphatic carbocycles. The van der Waals surface area contributed by atoms with Crippen molar-refractivity contribution in [3.63, 3.8) is 0 Å². The maximum atomic E-state index is 10.3. The molecule has 0 bridgehead atoms. The molecule has 164 valence electrons. The molecule has 6 unspecified atom stereocenters. The van der Waals surface area contributed by atoms with E-state index in [0.717, 1.165) is 23.0 Å². The van der Waals surface area contributed by atoms with Crippen LogP contribution in [0, 0.1) is 11.8 Å². The second kappa shape index (κ2) is 13.0. The lowest BCUT2D eigenvalue weighted by Gasteiger charge is -2.19. The Balaban J connectivity index is 1.79. The Labute approximate surface area is 185 Å². The van der Waals surface area contributed by atoms with E-state index in [2.05, 4.69) is 22.0 Å². The van der Waals surface area contributed by atoms with Crippen LogP contribution >= 0.6 is 27.3 Å². The molecule has 1 aliphatic rings. The maximum Gasteiger partial charge on any atom is 0.0771 e. The molecular weight excluding hydrogens is 456 g/mol. The molecule has 0 radical (unpaired) electrons. The zero-order chi connectivity index (χ0) is 21.2. The van der Waals surface area contributed by atoms with Gasteiger partial charge in [0.1, 0.15) is 0 Å². The van der Waals surface area contributed by atoms with Gasteiger partial charge in [-0.2, -0.15) is 0 Å². The van der Waals surface area contributed by atoms with Crippen LogP contribution in [-0.2, 0) is 6.42 Å². The van der Waals surface area contributed by atoms with Crippen LogP contribution in [0.15, 0.2) is 40.2 Å². The molecule has 1 saturated carbocycles. The Morgan fingerprint density at radius 2 is 1.93 bits per heavy atom. The monoisotopic (exact) mass is 488 g/mol. The maximum absolute atomic E-state index is 10.3. The molecule has 0 spiro atoms. The molecule has 1 aromatic heterocycles. The molecule has 5 nitrogen and oxygen atoms in total. The van der Waals surface area contributed by atoms with E-state index in [1.165, 1.54) is 4.88 Å². The van der Waals surface area contributed by atoms with Crippen LogP contribution in [0.5, 0.6) is 0 Å². The number of thiophene rings is 1. The van der Waals surface area contributed by atoms with E-state index in [4.69, 9.17) is 5.11 Å². The van der Waals surface area contributed by atoms with Crippen LogP contribution in [0.25, 0.3) is 0 Å². The van der Waals surface area contributed by atoms with Crippen molar-refractivity contribution < 1.29 is 25.5 Å². The average molecular weight is 489 g/mol. The summed E-state index contributed by atoms with van der Waals surface area (Å²) in [6, 6.07) is 4.06. The summed E-state index contributed by atoms with van der Waals surface area (Å²) in [4.78, 5) is 1.22. The lowest BCUT2D eigenvalue weighted by atomic mass is 9.89. The smallest absolute Gasteiger partial charge is 0.0771 e. The zero-order valence-electron chi connectivity index (χ0n) is 16.6. The van der Waals surface area contributed by atoms with Crippen LogP contribution in [0.2, 0.25) is 0 Å². The minimum absolute atomic E-state index is 0.0685. The lowest BCUT2D eigenvalue weighted by molar-refractivity contribution is 0.0868. The van der Waals surface area contributed by atoms with Crippen LogP contribution < -0.4 is 0 Å². The van der Waals surface area contributed by atoms with Gasteiger partial charge in [-0.25, -0.2) is 0 Å². The van der Waals surface area contributed by atoms with E-state index in [1.807, 2.05) is 24.3 Å². The number of aryl methyl sites for hydroxylation is 1. The number of hydrogen-bond donors (Lipinski definition) is 5. The fraction of sp³-hybridized carbons (Fsp3) is 0.636. The van der Waals surface area contributed by atoms with E-state index < -0.39 is 24.4 Å². The Bertz CT molecular complexity index is 647. The van der Waals surface area contributed by atoms with Gasteiger partial charge < -0.3 is 25.5 Å². The number of halogens is 1. The first kappa shape index (κ1) is 24.7. The van der Waals surface area contributed by atoms with Crippen LogP contribution in [-0.4, -0.2) is 56.6 Å². The van der Waals surface area contributed by atoms with E-state index in [0.29, 0.717) is 25.7 Å². The summed E-state index contributed by atoms with van der Waals surface area (Å²) in [6.07, 6.45) is 9.89. The molecule has 0 saturated heterocycles. The van der Waals surface area contributed by atoms with Crippen LogP contribution in [0.1, 0.15) is 43.4 Å². The summed E-state index contributed by atoms with van der Waals surface area (Å²) >= 11 is 5.11. The summed E-state index contributed by atoms with van der Waals surface area (Å²) in [5.41, 5.74) is 0. The van der Waals surface area contributed by atoms with E-state index in [-0.39, 0.29) is 18.4 Å². The first-order valence-corrected chi connectivity index (χ1v) is 11.9. The quantitative estimate of drug-likeness (QED) is 0.229. The Morgan fingerprint density at radius 3 is 2.62 bits per heavy atom. The third kappa shape index (κ3) is 8.61. The van der Waals surface area contributed by atoms with Crippen molar-refractivity contribution in [2.24, 2.45) is 11.8 Å². The number of hydrogen-bond acceptors (Lipinski definition) is 6. The predicted octanol–water partition coefficient (Wildman–Crippen LogP) is 3.19. The minimum atomic E-state index is -0.655. The standard InChI is InChI=1S/C22H33BrO5S/c23-22-12-10-17(29-22)9-7-15(25)8-11-19-18(20(27)13-21(19)28)6-4-2-1-3-5-16(26)14-24/h2,4,8,10-12,15-16,18-21,24-28H,1,3,5-7,9,13-14H2/b4-2+,11-8+. The number of allylic oxidation sites excluding steroid dienone is 2. The van der Waals surface area contributed by atoms with Crippen molar-refractivity contribution in [1.29, 1.82) is 0 Å². The second-order valence-corrected chi connectivity index (χ2v) is 10.3. The molecule has 0 aromatic carbocycles. The molecule has 1 heterocycles. The Kier molecular flexibility index (Phi) is 11.1. The largest absolute Gasteiger partial charge is 0.394 e. The van der Waals surface area contributed by atoms with Gasteiger partial charge in [-0.15, -0.1) is 11.3 Å². The predicted molar refractivity (Wildman–Crippen MR) is 120 cm³/mol. The number of unbranched alkanes of at least 4 members (excludes halogenated alkanes) is 1. The summed E-state index contributed by atoms with van der Waals surface area (Å²) in [5.74, 6) is -0.239. The highest BCUT2D eigenvalue weighted by Crippen LogP contribution is 2.36. The average Bonchev–Trinajstić information content (AvgIpc) is 3.23. The number of aliphatic hydroxyl groups excluding tert-OH is 5. The normalized spacial score (nSPS) is 27.2. The molecule has 6 atom stereocenters. The SMILES string of the molecule is OCC(O)CCC/C=C/CC1C(O)CC(O)C1/C=C/C(O)CCc1ccc(Br)s1. The summed E-state index contributed by atoms with van der Waals surface area (Å²) in [7, 11) is 0. The molecule has 7 heteroatoms. The zero-order valence-corrected chi connectivity index (χ0v) is 19.0. The first-order valence-electron chi connectivity index (χ1n) is 10.3. The van der Waals surface area contributed by atoms with Crippen molar-refractivity contribution in [1.82, 2.24) is 0 Å². The van der Waals surface area contributed by atoms with Gasteiger partial charge in [0, 0.05) is 17.2 Å². The van der Waals surface area contributed by atoms with Crippen molar-refractivity contribution in [3.05, 3.63) is 45.1 Å². The van der Waals surface area contributed by atoms with Gasteiger partial charge in [0.15, 0.2) is 0 Å². The highest BCUT2D eigenvalue weighted by molar-refractivity contribution is 9.11. The van der Waals surface area contributed by atoms with E-state index in [1.54, 1.807) is 17.4 Å². The van der Waals surface area contributed by atoms with Crippen molar-refractivity contribution in [2.45, 2.75) is 69.4 Å². The summed E-state index contributed by atoms with van der Waals surface area (Å²) in [6.45, 7) is -0.208. The van der Waals surface area contributed by atoms with Gasteiger partial charge in [0.2, 0.25) is 0 Å². The van der Waals surface area contributed by atoms with Crippen LogP contribution in [0.3, 0.4) is 0 Å². The van der Waals surface area contributed by atoms with Crippen molar-refractivity contribution in [2.75, 3.05) is 6.61 Å². The van der Waals surface area contributed by atoms with Gasteiger partial charge in [-0.05, 0) is 72.5 Å². The molecule has 2 rings (SSSR count). The van der Waals surface area contributed by atoms with Crippen molar-refractivity contribution in [3.8, 4) is 0 Å². The van der Waals surface area contributed by atoms with E-state index >= 15 is 0 Å². The highest BCUT2D eigenvalue weighted by Gasteiger charge is 2.39. The van der Waals surface area contributed by atoms with Gasteiger partial charge in [0.25, 0.3) is 0 Å². The van der Waals surface area contributed by atoms with Gasteiger partial charge in [0.05, 0.1) is 34.8 Å².